The third-order valence-electron chi connectivity index (χ3n) is 5.94. The molecule has 1 heterocycles. The first-order chi connectivity index (χ1) is 14.3. The molecular formula is C23H22N2O5. The van der Waals surface area contributed by atoms with E-state index in [0.717, 1.165) is 19.3 Å². The second-order valence-corrected chi connectivity index (χ2v) is 8.03. The highest BCUT2D eigenvalue weighted by molar-refractivity contribution is 6.22. The maximum atomic E-state index is 12.9. The Hall–Kier alpha value is -3.48. The summed E-state index contributed by atoms with van der Waals surface area (Å²) in [6, 6.07) is 12.3. The van der Waals surface area contributed by atoms with Crippen LogP contribution in [0.3, 0.4) is 0 Å². The normalized spacial score (nSPS) is 23.2. The lowest BCUT2D eigenvalue weighted by molar-refractivity contribution is -0.122. The lowest BCUT2D eigenvalue weighted by atomic mass is 9.76. The monoisotopic (exact) mass is 406 g/mol. The summed E-state index contributed by atoms with van der Waals surface area (Å²) < 4.78 is 0. The van der Waals surface area contributed by atoms with Crippen LogP contribution in [0.4, 0.5) is 11.4 Å². The van der Waals surface area contributed by atoms with Crippen LogP contribution < -0.4 is 10.2 Å². The number of carbonyl (C=O) groups is 4. The summed E-state index contributed by atoms with van der Waals surface area (Å²) in [6.07, 6.45) is 2.38. The molecule has 2 aliphatic rings. The van der Waals surface area contributed by atoms with Crippen molar-refractivity contribution in [3.63, 3.8) is 0 Å². The highest BCUT2D eigenvalue weighted by atomic mass is 16.4. The number of nitrogens with one attached hydrogen (secondary N) is 1. The summed E-state index contributed by atoms with van der Waals surface area (Å²) in [5.74, 6) is -1.93. The molecule has 7 nitrogen and oxygen atoms in total. The summed E-state index contributed by atoms with van der Waals surface area (Å²) in [5.41, 5.74) is 1.28. The summed E-state index contributed by atoms with van der Waals surface area (Å²) in [7, 11) is 0. The van der Waals surface area contributed by atoms with Crippen LogP contribution in [0.2, 0.25) is 0 Å². The highest BCUT2D eigenvalue weighted by Crippen LogP contribution is 2.42. The van der Waals surface area contributed by atoms with Crippen LogP contribution in [0.15, 0.2) is 48.5 Å². The first kappa shape index (κ1) is 19.8. The van der Waals surface area contributed by atoms with Crippen LogP contribution in [-0.4, -0.2) is 28.8 Å². The standard InChI is InChI=1S/C23H22N2O5/c1-13-5-10-18-19(11-13)22(28)25(21(18)27)17-4-2-3-15(12-17)20(26)24-16-8-6-14(7-9-16)23(29)30/h2-4,6-9,12-13,18-19H,5,10-11H2,1H3,(H,24,26)(H,29,30)/t13-,18+,19-/m1/s1. The van der Waals surface area contributed by atoms with Gasteiger partial charge in [0, 0.05) is 11.3 Å². The van der Waals surface area contributed by atoms with Gasteiger partial charge in [0.25, 0.3) is 5.91 Å². The Bertz CT molecular complexity index is 1030. The lowest BCUT2D eigenvalue weighted by Crippen LogP contribution is -2.31. The van der Waals surface area contributed by atoms with Gasteiger partial charge >= 0.3 is 5.97 Å². The van der Waals surface area contributed by atoms with Crippen molar-refractivity contribution >= 4 is 35.1 Å². The molecule has 0 spiro atoms. The zero-order valence-corrected chi connectivity index (χ0v) is 16.5. The van der Waals surface area contributed by atoms with Gasteiger partial charge in [-0.15, -0.1) is 0 Å². The Labute approximate surface area is 173 Å². The minimum Gasteiger partial charge on any atom is -0.478 e. The number of imide groups is 1. The molecule has 1 saturated heterocycles. The third-order valence-corrected chi connectivity index (χ3v) is 5.94. The Kier molecular flexibility index (Phi) is 5.11. The molecular weight excluding hydrogens is 384 g/mol. The number of carboxylic acid groups (broad SMARTS) is 1. The van der Waals surface area contributed by atoms with Gasteiger partial charge in [0.05, 0.1) is 23.1 Å². The van der Waals surface area contributed by atoms with Gasteiger partial charge in [-0.3, -0.25) is 19.3 Å². The van der Waals surface area contributed by atoms with E-state index < -0.39 is 11.9 Å². The zero-order chi connectivity index (χ0) is 21.4. The average molecular weight is 406 g/mol. The van der Waals surface area contributed by atoms with Crippen LogP contribution in [0.25, 0.3) is 0 Å². The average Bonchev–Trinajstić information content (AvgIpc) is 2.98. The number of aromatic carboxylic acids is 1. The molecule has 2 aromatic carbocycles. The number of rotatable bonds is 4. The molecule has 0 aromatic heterocycles. The fourth-order valence-corrected chi connectivity index (χ4v) is 4.33. The highest BCUT2D eigenvalue weighted by Gasteiger charge is 2.50. The molecule has 2 N–H and O–H groups in total. The van der Waals surface area contributed by atoms with Gasteiger partial charge in [-0.2, -0.15) is 0 Å². The Morgan fingerprint density at radius 1 is 0.967 bits per heavy atom. The molecule has 3 amide bonds. The van der Waals surface area contributed by atoms with Crippen LogP contribution in [-0.2, 0) is 9.59 Å². The first-order valence-corrected chi connectivity index (χ1v) is 9.97. The number of benzene rings is 2. The van der Waals surface area contributed by atoms with E-state index in [2.05, 4.69) is 12.2 Å². The summed E-state index contributed by atoms with van der Waals surface area (Å²) in [5, 5.41) is 11.7. The van der Waals surface area contributed by atoms with Gasteiger partial charge in [-0.1, -0.05) is 13.0 Å². The minimum absolute atomic E-state index is 0.122. The molecule has 0 radical (unpaired) electrons. The van der Waals surface area contributed by atoms with Gasteiger partial charge in [-0.25, -0.2) is 4.79 Å². The first-order valence-electron chi connectivity index (χ1n) is 9.97. The minimum atomic E-state index is -1.05. The molecule has 1 aliphatic carbocycles. The SMILES string of the molecule is C[C@@H]1CC[C@@H]2C(=O)N(c3cccc(C(=O)Nc4ccc(C(=O)O)cc4)c3)C(=O)[C@@H]2C1. The van der Waals surface area contributed by atoms with Crippen molar-refractivity contribution < 1.29 is 24.3 Å². The smallest absolute Gasteiger partial charge is 0.335 e. The molecule has 4 rings (SSSR count). The van der Waals surface area contributed by atoms with Crippen molar-refractivity contribution in [1.29, 1.82) is 0 Å². The molecule has 0 unspecified atom stereocenters. The van der Waals surface area contributed by atoms with E-state index in [1.807, 2.05) is 0 Å². The zero-order valence-electron chi connectivity index (χ0n) is 16.5. The molecule has 154 valence electrons. The predicted molar refractivity (Wildman–Crippen MR) is 110 cm³/mol. The van der Waals surface area contributed by atoms with E-state index in [1.165, 1.54) is 35.2 Å². The second kappa shape index (κ2) is 7.74. The summed E-state index contributed by atoms with van der Waals surface area (Å²) in [6.45, 7) is 2.10. The second-order valence-electron chi connectivity index (χ2n) is 8.03. The van der Waals surface area contributed by atoms with Gasteiger partial charge in [-0.05, 0) is 67.6 Å². The molecule has 2 aromatic rings. The van der Waals surface area contributed by atoms with Gasteiger partial charge in [0.2, 0.25) is 11.8 Å². The van der Waals surface area contributed by atoms with Crippen molar-refractivity contribution in [3.05, 3.63) is 59.7 Å². The van der Waals surface area contributed by atoms with Crippen molar-refractivity contribution in [2.75, 3.05) is 10.2 Å². The Balaban J connectivity index is 1.54. The molecule has 2 fully saturated rings. The third kappa shape index (κ3) is 3.58. The van der Waals surface area contributed by atoms with E-state index in [4.69, 9.17) is 5.11 Å². The fourth-order valence-electron chi connectivity index (χ4n) is 4.33. The number of hydrogen-bond acceptors (Lipinski definition) is 4. The van der Waals surface area contributed by atoms with E-state index in [0.29, 0.717) is 22.9 Å². The Morgan fingerprint density at radius 2 is 1.67 bits per heavy atom. The maximum absolute atomic E-state index is 12.9. The number of amides is 3. The van der Waals surface area contributed by atoms with E-state index >= 15 is 0 Å². The predicted octanol–water partition coefficient (Wildman–Crippen LogP) is 3.56. The molecule has 1 aliphatic heterocycles. The fraction of sp³-hybridized carbons (Fsp3) is 0.304. The quantitative estimate of drug-likeness (QED) is 0.756. The van der Waals surface area contributed by atoms with Crippen molar-refractivity contribution in [2.24, 2.45) is 17.8 Å². The summed E-state index contributed by atoms with van der Waals surface area (Å²) in [4.78, 5) is 50.6. The van der Waals surface area contributed by atoms with Crippen molar-refractivity contribution in [3.8, 4) is 0 Å². The van der Waals surface area contributed by atoms with E-state index in [9.17, 15) is 19.2 Å². The number of carboxylic acids is 1. The lowest BCUT2D eigenvalue weighted by Gasteiger charge is -2.25. The molecule has 0 bridgehead atoms. The number of carbonyl (C=O) groups excluding carboxylic acids is 3. The van der Waals surface area contributed by atoms with Crippen LogP contribution in [0, 0.1) is 17.8 Å². The maximum Gasteiger partial charge on any atom is 0.335 e. The van der Waals surface area contributed by atoms with Gasteiger partial charge < -0.3 is 10.4 Å². The van der Waals surface area contributed by atoms with Crippen LogP contribution >= 0.6 is 0 Å². The van der Waals surface area contributed by atoms with Crippen LogP contribution in [0.5, 0.6) is 0 Å². The van der Waals surface area contributed by atoms with Gasteiger partial charge in [0.1, 0.15) is 0 Å². The number of nitrogens with zero attached hydrogens (tertiary/aromatic N) is 1. The molecule has 3 atom stereocenters. The molecule has 30 heavy (non-hydrogen) atoms. The molecule has 1 saturated carbocycles. The van der Waals surface area contributed by atoms with Crippen molar-refractivity contribution in [2.45, 2.75) is 26.2 Å². The molecule has 7 heteroatoms. The van der Waals surface area contributed by atoms with Gasteiger partial charge in [0.15, 0.2) is 0 Å². The topological polar surface area (TPSA) is 104 Å². The largest absolute Gasteiger partial charge is 0.478 e. The number of anilines is 2. The Morgan fingerprint density at radius 3 is 2.37 bits per heavy atom. The van der Waals surface area contributed by atoms with E-state index in [-0.39, 0.29) is 29.2 Å². The van der Waals surface area contributed by atoms with E-state index in [1.54, 1.807) is 18.2 Å². The van der Waals surface area contributed by atoms with Crippen molar-refractivity contribution in [1.82, 2.24) is 0 Å². The van der Waals surface area contributed by atoms with Crippen LogP contribution in [0.1, 0.15) is 46.9 Å². The number of hydrogen-bond donors (Lipinski definition) is 2. The summed E-state index contributed by atoms with van der Waals surface area (Å²) >= 11 is 0. The number of fused-ring (bicyclic) bond motifs is 1.